The number of likely N-dealkylation sites (tertiary alicyclic amines) is 1. The van der Waals surface area contributed by atoms with Gasteiger partial charge in [0.25, 0.3) is 0 Å². The summed E-state index contributed by atoms with van der Waals surface area (Å²) in [5, 5.41) is 85.7. The number of unbranched alkanes of at least 4 members (excludes halogenated alkanes) is 1. The molecule has 1 aliphatic heterocycles. The highest BCUT2D eigenvalue weighted by atomic mass is 35.1. The number of carbonyl (C=O) groups is 17. The van der Waals surface area contributed by atoms with Crippen molar-refractivity contribution < 1.29 is 126 Å². The van der Waals surface area contributed by atoms with Gasteiger partial charge < -0.3 is 124 Å². The van der Waals surface area contributed by atoms with Gasteiger partial charge in [0, 0.05) is 25.9 Å². The van der Waals surface area contributed by atoms with Gasteiger partial charge in [0.1, 0.15) is 101 Å². The first-order chi connectivity index (χ1) is 55.7. The highest BCUT2D eigenvalue weighted by molar-refractivity contribution is 7.98. The van der Waals surface area contributed by atoms with Crippen LogP contribution in [0.3, 0.4) is 0 Å². The van der Waals surface area contributed by atoms with Crippen LogP contribution in [0.1, 0.15) is 222 Å². The summed E-state index contributed by atoms with van der Waals surface area (Å²) < 4.78 is 21.5. The quantitative estimate of drug-likeness (QED) is 0.0183. The topological polar surface area (TPSA) is 614 Å². The van der Waals surface area contributed by atoms with Crippen LogP contribution in [-0.4, -0.2) is 289 Å². The molecule has 0 unspecified atom stereocenters. The van der Waals surface area contributed by atoms with Crippen molar-refractivity contribution in [2.24, 2.45) is 23.5 Å². The lowest BCUT2D eigenvalue weighted by molar-refractivity contribution is -0.159. The van der Waals surface area contributed by atoms with Gasteiger partial charge in [-0.2, -0.15) is 11.8 Å². The number of rotatable bonds is 49. The maximum Gasteiger partial charge on any atom is 0.408 e. The molecule has 1 rings (SSSR count). The minimum Gasteiger partial charge on any atom is -0.460 e. The molecule has 0 aromatic heterocycles. The zero-order valence-electron chi connectivity index (χ0n) is 74.2. The lowest BCUT2D eigenvalue weighted by atomic mass is 9.98. The molecule has 16 atom stereocenters. The van der Waals surface area contributed by atoms with Crippen LogP contribution in [0.5, 0.6) is 0 Å². The van der Waals surface area contributed by atoms with E-state index >= 15 is 0 Å². The standard InChI is InChI=1S/C79H139N15O26S/c1-40(2)36-50(65(106)90-57(42(5)6)69(110)92-59(44(8)98)70(111)86-51(37-41(3)4)73(114)118-77(13,14)15)85-68(109)54-27-25-34-94(54)72(113)60(45(9)99)93-63(104)47(28-30-55(80)100)83-66(107)52(38-95)87-61(102)46(26-23-24-33-81-74(115)119-78(16,17)18)82-62(103)48(29-31-56(101)117-76(10,11)12)84-67(108)53(39-96)88-71(112)58(43(7)97)91-64(105)49(32-35-121-22)89-75(116)120-79(19,20)21/h40-54,57-60,95-99H,23-39H2,1-22H3,(H2,80,100)(H,81,115)(H,82,103)(H,83,107)(H,84,108)(H,85,109)(H,86,111)(H,87,102)(H,88,112)(H,89,116)(H,90,106)(H,91,105)(H,92,110)(H,93,104)/t43-,44-,45-,46+,47+,48+,49+,50+,51+,52+,53+,54+,57+,58+,59+,60+/m1/s1/i121+3. The third-order valence-corrected chi connectivity index (χ3v) is 18.4. The molecule has 42 heteroatoms. The molecule has 0 aliphatic carbocycles. The van der Waals surface area contributed by atoms with Gasteiger partial charge in [-0.15, -0.1) is 0 Å². The first kappa shape index (κ1) is 110. The highest BCUT2D eigenvalue weighted by Gasteiger charge is 2.44. The molecule has 0 aromatic carbocycles. The predicted octanol–water partition coefficient (Wildman–Crippen LogP) is -1.74. The van der Waals surface area contributed by atoms with E-state index in [0.29, 0.717) is 5.75 Å². The van der Waals surface area contributed by atoms with Crippen molar-refractivity contribution in [2.45, 2.75) is 342 Å². The Balaban J connectivity index is 3.77. The first-order valence-corrected chi connectivity index (χ1v) is 42.2. The van der Waals surface area contributed by atoms with E-state index in [-0.39, 0.29) is 76.3 Å². The van der Waals surface area contributed by atoms with Crippen molar-refractivity contribution >= 4 is 113 Å². The SMILES string of the molecule is C[35S]CC[C@H](NC(=O)OC(C)(C)C)C(=O)N[C@H](C(=O)N[C@@H](CO)C(=O)N[C@@H](CCC(=O)OC(C)(C)C)C(=O)N[C@@H](CCCCNC(=O)OC(C)(C)C)C(=O)N[C@@H](CO)C(=O)N[C@@H](CCC(N)=O)C(=O)N[C@H](C(=O)N1CCC[C@H]1C(=O)N[C@@H](CC(C)C)C(=O)N[C@H](C(=O)N[C@H](C(=O)N[C@@H](CC(C)C)C(=O)OC(C)(C)C)[C@@H](C)O)C(C)C)[C@@H](C)O)[C@@H](C)O. The van der Waals surface area contributed by atoms with E-state index in [0.717, 1.165) is 18.7 Å². The lowest BCUT2D eigenvalue weighted by Gasteiger charge is -2.32. The summed E-state index contributed by atoms with van der Waals surface area (Å²) in [4.78, 5) is 236. The normalized spacial score (nSPS) is 16.8. The molecule has 20 N–H and O–H groups in total. The molecule has 1 aliphatic rings. The van der Waals surface area contributed by atoms with Crippen molar-refractivity contribution in [2.75, 3.05) is 38.3 Å². The number of alkyl carbamates (subject to hydrolysis) is 2. The fourth-order valence-electron chi connectivity index (χ4n) is 11.9. The number of esters is 2. The van der Waals surface area contributed by atoms with Crippen LogP contribution in [-0.2, 0) is 90.9 Å². The van der Waals surface area contributed by atoms with Crippen molar-refractivity contribution in [1.29, 1.82) is 0 Å². The zero-order valence-corrected chi connectivity index (χ0v) is 75.0. The smallest absolute Gasteiger partial charge is 0.408 e. The Labute approximate surface area is 713 Å². The maximum absolute atomic E-state index is 14.7. The van der Waals surface area contributed by atoms with E-state index in [1.165, 1.54) is 18.7 Å². The Hall–Kier alpha value is -9.26. The second kappa shape index (κ2) is 51.6. The molecule has 0 radical (unpaired) electrons. The van der Waals surface area contributed by atoms with E-state index in [2.05, 4.69) is 69.1 Å². The number of amides is 15. The van der Waals surface area contributed by atoms with Gasteiger partial charge >= 0.3 is 24.1 Å². The predicted molar refractivity (Wildman–Crippen MR) is 443 cm³/mol. The van der Waals surface area contributed by atoms with Crippen LogP contribution in [0.25, 0.3) is 0 Å². The molecule has 0 bridgehead atoms. The number of ether oxygens (including phenoxy) is 4. The summed E-state index contributed by atoms with van der Waals surface area (Å²) in [6, 6.07) is -21.4. The van der Waals surface area contributed by atoms with Crippen LogP contribution in [0.4, 0.5) is 9.59 Å². The summed E-state index contributed by atoms with van der Waals surface area (Å²) in [5.41, 5.74) is 1.65. The van der Waals surface area contributed by atoms with Gasteiger partial charge in [-0.1, -0.05) is 41.5 Å². The van der Waals surface area contributed by atoms with Crippen molar-refractivity contribution in [3.8, 4) is 0 Å². The van der Waals surface area contributed by atoms with Gasteiger partial charge in [0.15, 0.2) is 0 Å². The lowest BCUT2D eigenvalue weighted by Crippen LogP contribution is -2.63. The Morgan fingerprint density at radius 2 is 0.785 bits per heavy atom. The highest BCUT2D eigenvalue weighted by Crippen LogP contribution is 2.23. The first-order valence-electron chi connectivity index (χ1n) is 40.8. The van der Waals surface area contributed by atoms with E-state index in [4.69, 9.17) is 24.7 Å². The van der Waals surface area contributed by atoms with E-state index in [1.54, 1.807) is 117 Å². The number of hydrogen-bond acceptors (Lipinski definition) is 27. The third kappa shape index (κ3) is 42.9. The van der Waals surface area contributed by atoms with Crippen molar-refractivity contribution in [1.82, 2.24) is 74.0 Å². The second-order valence-electron chi connectivity index (χ2n) is 35.2. The van der Waals surface area contributed by atoms with Gasteiger partial charge in [0.2, 0.25) is 76.8 Å². The average molecular weight is 1750 g/mol. The minimum absolute atomic E-state index is 0.00381. The summed E-state index contributed by atoms with van der Waals surface area (Å²) in [5.74, 6) is -16.4. The Bertz CT molecular complexity index is 3480. The van der Waals surface area contributed by atoms with E-state index in [9.17, 15) is 107 Å². The number of primary amides is 1. The number of nitrogens with one attached hydrogen (secondary N) is 13. The molecule has 0 aromatic rings. The molecular weight excluding hydrogens is 1610 g/mol. The number of aliphatic hydroxyl groups is 5. The monoisotopic (exact) mass is 1750 g/mol. The van der Waals surface area contributed by atoms with Crippen LogP contribution >= 0.6 is 11.8 Å². The van der Waals surface area contributed by atoms with Crippen LogP contribution in [0.2, 0.25) is 0 Å². The minimum atomic E-state index is -2.03. The van der Waals surface area contributed by atoms with Gasteiger partial charge in [0.05, 0.1) is 31.5 Å². The summed E-state index contributed by atoms with van der Waals surface area (Å²) >= 11 is 1.33. The molecule has 692 valence electrons. The molecule has 1 fully saturated rings. The number of nitrogens with zero attached hydrogens (tertiary/aromatic N) is 1. The van der Waals surface area contributed by atoms with Crippen LogP contribution in [0, 0.1) is 17.8 Å². The fraction of sp³-hybridized carbons (Fsp3) is 0.785. The van der Waals surface area contributed by atoms with Crippen LogP contribution < -0.4 is 74.9 Å². The van der Waals surface area contributed by atoms with E-state index < -0.39 is 265 Å². The molecule has 41 nitrogen and oxygen atoms in total. The van der Waals surface area contributed by atoms with Crippen molar-refractivity contribution in [3.63, 3.8) is 0 Å². The third-order valence-electron chi connectivity index (χ3n) is 17.8. The molecule has 1 saturated heterocycles. The Kier molecular flexibility index (Phi) is 46.8. The fourth-order valence-corrected chi connectivity index (χ4v) is 12.4. The second-order valence-corrected chi connectivity index (χ2v) is 36.2. The van der Waals surface area contributed by atoms with E-state index in [1.807, 2.05) is 13.8 Å². The van der Waals surface area contributed by atoms with Gasteiger partial charge in [-0.3, -0.25) is 67.1 Å². The molecule has 15 amide bonds. The average Bonchev–Trinajstić information content (AvgIpc) is 1.70. The molecule has 0 saturated carbocycles. The molecule has 121 heavy (non-hydrogen) atoms. The molecular formula is C79H139N15O26S. The Morgan fingerprint density at radius 3 is 1.22 bits per heavy atom. The van der Waals surface area contributed by atoms with Crippen molar-refractivity contribution in [3.05, 3.63) is 0 Å². The number of hydrogen-bond donors (Lipinski definition) is 19. The zero-order chi connectivity index (χ0) is 93.1. The number of nitrogens with two attached hydrogens (primary N) is 1. The molecule has 1 heterocycles. The number of thioether (sulfide) groups is 1. The largest absolute Gasteiger partial charge is 0.460 e. The summed E-state index contributed by atoms with van der Waals surface area (Å²) in [6.45, 7) is 30.4. The number of carbonyl (C=O) groups excluding carboxylic acids is 17. The number of aliphatic hydroxyl groups excluding tert-OH is 5. The van der Waals surface area contributed by atoms with Crippen LogP contribution in [0.15, 0.2) is 0 Å². The molecule has 0 spiro atoms. The maximum atomic E-state index is 14.7. The summed E-state index contributed by atoms with van der Waals surface area (Å²) in [7, 11) is 0. The van der Waals surface area contributed by atoms with Gasteiger partial charge in [-0.25, -0.2) is 14.4 Å². The summed E-state index contributed by atoms with van der Waals surface area (Å²) in [6.07, 6.45) is -7.37. The Morgan fingerprint density at radius 1 is 0.413 bits per heavy atom. The van der Waals surface area contributed by atoms with Gasteiger partial charge in [-0.05, 0) is 198 Å².